The molecule has 3 amide bonds. The molecule has 2 N–H and O–H groups in total. The lowest BCUT2D eigenvalue weighted by Crippen LogP contribution is -2.33. The number of benzene rings is 2. The first kappa shape index (κ1) is 24.1. The highest BCUT2D eigenvalue weighted by molar-refractivity contribution is 6.03. The minimum absolute atomic E-state index is 0.0272. The molecule has 1 unspecified atom stereocenters. The normalized spacial score (nSPS) is 16.6. The van der Waals surface area contributed by atoms with Gasteiger partial charge in [0.2, 0.25) is 11.8 Å². The van der Waals surface area contributed by atoms with E-state index in [2.05, 4.69) is 5.32 Å². The van der Waals surface area contributed by atoms with Gasteiger partial charge in [0.1, 0.15) is 6.54 Å². The Morgan fingerprint density at radius 2 is 1.67 bits per heavy atom. The monoisotopic (exact) mass is 473 g/mol. The lowest BCUT2D eigenvalue weighted by Gasteiger charge is -2.18. The molecule has 0 spiro atoms. The molecule has 12 heteroatoms. The number of rotatable bonds is 5. The van der Waals surface area contributed by atoms with Gasteiger partial charge in [0.25, 0.3) is 5.91 Å². The van der Waals surface area contributed by atoms with Crippen LogP contribution in [0.4, 0.5) is 37.7 Å². The van der Waals surface area contributed by atoms with Crippen molar-refractivity contribution in [2.24, 2.45) is 5.92 Å². The first-order chi connectivity index (χ1) is 15.3. The second-order valence-corrected chi connectivity index (χ2v) is 7.32. The molecule has 1 aliphatic heterocycles. The molecular formula is C21H17F6N3O3. The van der Waals surface area contributed by atoms with E-state index in [-0.39, 0.29) is 29.9 Å². The molecule has 33 heavy (non-hydrogen) atoms. The zero-order valence-corrected chi connectivity index (χ0v) is 16.8. The number of nitrogens with zero attached hydrogens (tertiary/aromatic N) is 1. The number of halogens is 6. The molecule has 1 aliphatic rings. The van der Waals surface area contributed by atoms with E-state index in [1.165, 1.54) is 36.4 Å². The zero-order chi connectivity index (χ0) is 24.4. The second-order valence-electron chi connectivity index (χ2n) is 7.32. The van der Waals surface area contributed by atoms with Crippen molar-refractivity contribution in [2.75, 3.05) is 23.3 Å². The van der Waals surface area contributed by atoms with Gasteiger partial charge in [0, 0.05) is 29.9 Å². The topological polar surface area (TPSA) is 78.5 Å². The van der Waals surface area contributed by atoms with E-state index in [0.717, 1.165) is 17.0 Å². The van der Waals surface area contributed by atoms with Crippen LogP contribution in [0, 0.1) is 5.92 Å². The van der Waals surface area contributed by atoms with Crippen LogP contribution in [0.5, 0.6) is 0 Å². The molecular weight excluding hydrogens is 456 g/mol. The predicted octanol–water partition coefficient (Wildman–Crippen LogP) is 3.99. The fraction of sp³-hybridized carbons (Fsp3) is 0.286. The minimum atomic E-state index is -4.58. The summed E-state index contributed by atoms with van der Waals surface area (Å²) in [6, 6.07) is 9.28. The van der Waals surface area contributed by atoms with Crippen LogP contribution in [0.1, 0.15) is 22.3 Å². The molecule has 0 bridgehead atoms. The number of anilines is 2. The molecule has 6 nitrogen and oxygen atoms in total. The van der Waals surface area contributed by atoms with Crippen LogP contribution in [-0.2, 0) is 15.8 Å². The Hall–Kier alpha value is -3.57. The molecule has 0 saturated carbocycles. The number of hydrogen-bond donors (Lipinski definition) is 2. The van der Waals surface area contributed by atoms with Gasteiger partial charge in [-0.25, -0.2) is 0 Å². The van der Waals surface area contributed by atoms with Crippen LogP contribution < -0.4 is 15.5 Å². The van der Waals surface area contributed by atoms with E-state index >= 15 is 0 Å². The molecule has 1 fully saturated rings. The number of nitrogens with one attached hydrogen (secondary N) is 2. The number of amides is 3. The van der Waals surface area contributed by atoms with Crippen LogP contribution in [0.25, 0.3) is 0 Å². The molecule has 1 saturated heterocycles. The summed E-state index contributed by atoms with van der Waals surface area (Å²) in [5.41, 5.74) is -0.708. The number of hydrogen-bond acceptors (Lipinski definition) is 3. The highest BCUT2D eigenvalue weighted by atomic mass is 19.4. The average molecular weight is 473 g/mol. The van der Waals surface area contributed by atoms with E-state index in [4.69, 9.17) is 0 Å². The Labute approximate surface area is 183 Å². The highest BCUT2D eigenvalue weighted by Crippen LogP contribution is 2.33. The lowest BCUT2D eigenvalue weighted by atomic mass is 10.1. The van der Waals surface area contributed by atoms with Gasteiger partial charge in [0.05, 0.1) is 11.5 Å². The summed E-state index contributed by atoms with van der Waals surface area (Å²) in [6.45, 7) is -1.60. The van der Waals surface area contributed by atoms with Crippen LogP contribution in [-0.4, -0.2) is 37.0 Å². The number of alkyl halides is 6. The van der Waals surface area contributed by atoms with E-state index in [1.807, 2.05) is 0 Å². The quantitative estimate of drug-likeness (QED) is 0.645. The first-order valence-corrected chi connectivity index (χ1v) is 9.57. The van der Waals surface area contributed by atoms with Gasteiger partial charge >= 0.3 is 12.4 Å². The Kier molecular flexibility index (Phi) is 6.65. The summed E-state index contributed by atoms with van der Waals surface area (Å²) in [4.78, 5) is 37.6. The molecule has 1 heterocycles. The Morgan fingerprint density at radius 3 is 2.27 bits per heavy atom. The van der Waals surface area contributed by atoms with Crippen molar-refractivity contribution in [1.82, 2.24) is 5.32 Å². The third-order valence-electron chi connectivity index (χ3n) is 4.84. The van der Waals surface area contributed by atoms with Gasteiger partial charge in [-0.15, -0.1) is 0 Å². The van der Waals surface area contributed by atoms with Crippen LogP contribution in [0.3, 0.4) is 0 Å². The Morgan fingerprint density at radius 1 is 1.00 bits per heavy atom. The summed E-state index contributed by atoms with van der Waals surface area (Å²) >= 11 is 0. The van der Waals surface area contributed by atoms with Crippen molar-refractivity contribution in [1.29, 1.82) is 0 Å². The smallest absolute Gasteiger partial charge is 0.343 e. The zero-order valence-electron chi connectivity index (χ0n) is 16.8. The fourth-order valence-corrected chi connectivity index (χ4v) is 3.21. The number of carbonyl (C=O) groups excluding carboxylic acids is 3. The standard InChI is InChI=1S/C21H17F6N3O3/c22-20(23,24)11-28-18(32)12-4-6-15(7-5-12)29-19(33)13-8-17(31)30(10-13)16-3-1-2-14(9-16)21(25,26)27/h1-7,9,13H,8,10-11H2,(H,28,32)(H,29,33). The largest absolute Gasteiger partial charge is 0.416 e. The molecule has 1 atom stereocenters. The third kappa shape index (κ3) is 6.24. The Bertz CT molecular complexity index is 1050. The van der Waals surface area contributed by atoms with Crippen molar-refractivity contribution >= 4 is 29.1 Å². The maximum Gasteiger partial charge on any atom is 0.416 e. The van der Waals surface area contributed by atoms with Crippen LogP contribution >= 0.6 is 0 Å². The predicted molar refractivity (Wildman–Crippen MR) is 105 cm³/mol. The summed E-state index contributed by atoms with van der Waals surface area (Å²) in [5.74, 6) is -2.84. The van der Waals surface area contributed by atoms with Gasteiger partial charge < -0.3 is 15.5 Å². The molecule has 0 radical (unpaired) electrons. The van der Waals surface area contributed by atoms with E-state index in [1.54, 1.807) is 5.32 Å². The second kappa shape index (κ2) is 9.12. The summed E-state index contributed by atoms with van der Waals surface area (Å²) in [7, 11) is 0. The highest BCUT2D eigenvalue weighted by Gasteiger charge is 2.37. The molecule has 2 aromatic carbocycles. The maximum absolute atomic E-state index is 12.9. The molecule has 176 valence electrons. The van der Waals surface area contributed by atoms with Gasteiger partial charge in [-0.3, -0.25) is 14.4 Å². The van der Waals surface area contributed by atoms with E-state index in [9.17, 15) is 40.7 Å². The van der Waals surface area contributed by atoms with Gasteiger partial charge in [-0.1, -0.05) is 6.07 Å². The minimum Gasteiger partial charge on any atom is -0.343 e. The van der Waals surface area contributed by atoms with Gasteiger partial charge in [-0.2, -0.15) is 26.3 Å². The summed E-state index contributed by atoms with van der Waals surface area (Å²) in [5, 5.41) is 4.24. The SMILES string of the molecule is O=C(NCC(F)(F)F)c1ccc(NC(=O)C2CC(=O)N(c3cccc(C(F)(F)F)c3)C2)cc1. The van der Waals surface area contributed by atoms with Gasteiger partial charge in [0.15, 0.2) is 0 Å². The Balaban J connectivity index is 1.61. The molecule has 2 aromatic rings. The maximum atomic E-state index is 12.9. The average Bonchev–Trinajstić information content (AvgIpc) is 3.13. The number of carbonyl (C=O) groups is 3. The van der Waals surface area contributed by atoms with Crippen molar-refractivity contribution in [3.8, 4) is 0 Å². The first-order valence-electron chi connectivity index (χ1n) is 9.57. The van der Waals surface area contributed by atoms with Crippen molar-refractivity contribution in [2.45, 2.75) is 18.8 Å². The van der Waals surface area contributed by atoms with Crippen molar-refractivity contribution in [3.63, 3.8) is 0 Å². The van der Waals surface area contributed by atoms with E-state index < -0.39 is 48.1 Å². The summed E-state index contributed by atoms with van der Waals surface area (Å²) < 4.78 is 75.3. The molecule has 0 aromatic heterocycles. The van der Waals surface area contributed by atoms with E-state index in [0.29, 0.717) is 0 Å². The molecule has 3 rings (SSSR count). The van der Waals surface area contributed by atoms with Crippen molar-refractivity contribution < 1.29 is 40.7 Å². The van der Waals surface area contributed by atoms with Crippen molar-refractivity contribution in [3.05, 3.63) is 59.7 Å². The van der Waals surface area contributed by atoms with Crippen LogP contribution in [0.2, 0.25) is 0 Å². The fourth-order valence-electron chi connectivity index (χ4n) is 3.21. The van der Waals surface area contributed by atoms with Crippen LogP contribution in [0.15, 0.2) is 48.5 Å². The summed E-state index contributed by atoms with van der Waals surface area (Å²) in [6.07, 6.45) is -9.34. The third-order valence-corrected chi connectivity index (χ3v) is 4.84. The molecule has 0 aliphatic carbocycles. The lowest BCUT2D eigenvalue weighted by molar-refractivity contribution is -0.137. The van der Waals surface area contributed by atoms with Gasteiger partial charge in [-0.05, 0) is 42.5 Å².